The van der Waals surface area contributed by atoms with E-state index in [1.807, 2.05) is 48.5 Å². The Hall–Kier alpha value is -3.45. The van der Waals surface area contributed by atoms with E-state index >= 15 is 0 Å². The number of aliphatic carboxylic acids is 1. The second kappa shape index (κ2) is 8.73. The quantitative estimate of drug-likeness (QED) is 0.575. The van der Waals surface area contributed by atoms with E-state index in [0.717, 1.165) is 16.7 Å². The number of halogens is 1. The van der Waals surface area contributed by atoms with E-state index in [0.29, 0.717) is 23.3 Å². The number of carboxylic acid groups (broad SMARTS) is 1. The third-order valence-electron chi connectivity index (χ3n) is 5.19. The van der Waals surface area contributed by atoms with E-state index in [-0.39, 0.29) is 23.9 Å². The first-order valence-electron chi connectivity index (χ1n) is 9.77. The van der Waals surface area contributed by atoms with Gasteiger partial charge in [-0.3, -0.25) is 9.59 Å². The van der Waals surface area contributed by atoms with Gasteiger partial charge < -0.3 is 9.84 Å². The minimum absolute atomic E-state index is 0.146. The molecule has 4 rings (SSSR count). The Balaban J connectivity index is 1.73. The van der Waals surface area contributed by atoms with E-state index in [1.165, 1.54) is 5.01 Å². The fourth-order valence-electron chi connectivity index (χ4n) is 3.62. The number of hydrogen-bond donors (Lipinski definition) is 1. The Morgan fingerprint density at radius 2 is 1.94 bits per heavy atom. The van der Waals surface area contributed by atoms with Crippen LogP contribution in [-0.2, 0) is 9.59 Å². The van der Waals surface area contributed by atoms with Crippen molar-refractivity contribution in [2.75, 3.05) is 7.11 Å². The highest BCUT2D eigenvalue weighted by atomic mass is 35.5. The normalized spacial score (nSPS) is 15.7. The maximum atomic E-state index is 12.8. The van der Waals surface area contributed by atoms with Gasteiger partial charge in [0, 0.05) is 29.9 Å². The van der Waals surface area contributed by atoms with Gasteiger partial charge in [-0.15, -0.1) is 0 Å². The molecule has 1 atom stereocenters. The smallest absolute Gasteiger partial charge is 0.303 e. The second-order valence-corrected chi connectivity index (χ2v) is 7.55. The predicted molar refractivity (Wildman–Crippen MR) is 117 cm³/mol. The minimum atomic E-state index is -1.03. The number of amides is 1. The van der Waals surface area contributed by atoms with Crippen LogP contribution in [0.3, 0.4) is 0 Å². The van der Waals surface area contributed by atoms with Crippen LogP contribution in [0.4, 0.5) is 0 Å². The number of carboxylic acids is 1. The van der Waals surface area contributed by atoms with Crippen LogP contribution in [-0.4, -0.2) is 39.8 Å². The highest BCUT2D eigenvalue weighted by molar-refractivity contribution is 6.30. The number of pyridine rings is 1. The Kier molecular flexibility index (Phi) is 5.86. The summed E-state index contributed by atoms with van der Waals surface area (Å²) in [5, 5.41) is 16.0. The number of hydrogen-bond acceptors (Lipinski definition) is 5. The molecule has 1 aliphatic heterocycles. The largest absolute Gasteiger partial charge is 0.497 e. The maximum absolute atomic E-state index is 12.8. The van der Waals surface area contributed by atoms with Gasteiger partial charge in [0.2, 0.25) is 5.91 Å². The lowest BCUT2D eigenvalue weighted by Crippen LogP contribution is -2.27. The zero-order valence-corrected chi connectivity index (χ0v) is 17.5. The van der Waals surface area contributed by atoms with E-state index in [4.69, 9.17) is 21.4 Å². The molecular formula is C23H20ClN3O4. The van der Waals surface area contributed by atoms with E-state index < -0.39 is 12.0 Å². The Morgan fingerprint density at radius 1 is 1.16 bits per heavy atom. The first-order chi connectivity index (χ1) is 15.0. The van der Waals surface area contributed by atoms with Gasteiger partial charge in [0.15, 0.2) is 0 Å². The zero-order valence-electron chi connectivity index (χ0n) is 16.8. The SMILES string of the molecule is COc1ccc2cc([C@@H]3CC(c4ccccc4)=NN3C(=O)CCC(=O)O)c(Cl)nc2c1. The molecule has 0 bridgehead atoms. The summed E-state index contributed by atoms with van der Waals surface area (Å²) in [5.74, 6) is -0.732. The van der Waals surface area contributed by atoms with Crippen molar-refractivity contribution in [3.63, 3.8) is 0 Å². The summed E-state index contributed by atoms with van der Waals surface area (Å²) < 4.78 is 5.25. The van der Waals surface area contributed by atoms with Gasteiger partial charge in [0.25, 0.3) is 0 Å². The fourth-order valence-corrected chi connectivity index (χ4v) is 3.89. The average Bonchev–Trinajstić information content (AvgIpc) is 3.22. The van der Waals surface area contributed by atoms with Crippen LogP contribution in [0.5, 0.6) is 5.75 Å². The van der Waals surface area contributed by atoms with Crippen LogP contribution in [0.15, 0.2) is 59.7 Å². The summed E-state index contributed by atoms with van der Waals surface area (Å²) in [5.41, 5.74) is 2.98. The Bertz CT molecular complexity index is 1180. The number of benzene rings is 2. The standard InChI is InChI=1S/C23H20ClN3O4/c1-31-16-8-7-15-11-17(23(24)25-18(15)12-16)20-13-19(14-5-3-2-4-6-14)26-27(20)21(28)9-10-22(29)30/h2-8,11-12,20H,9-10,13H2,1H3,(H,29,30)/t20-/m0/s1. The predicted octanol–water partition coefficient (Wildman–Crippen LogP) is 4.44. The van der Waals surface area contributed by atoms with Gasteiger partial charge in [0.1, 0.15) is 10.9 Å². The van der Waals surface area contributed by atoms with Crippen molar-refractivity contribution < 1.29 is 19.4 Å². The van der Waals surface area contributed by atoms with E-state index in [9.17, 15) is 9.59 Å². The summed E-state index contributed by atoms with van der Waals surface area (Å²) in [4.78, 5) is 28.3. The molecule has 1 N–H and O–H groups in total. The van der Waals surface area contributed by atoms with Crippen LogP contribution in [0, 0.1) is 0 Å². The molecule has 0 saturated carbocycles. The lowest BCUT2D eigenvalue weighted by atomic mass is 9.98. The first kappa shape index (κ1) is 20.8. The molecule has 3 aromatic rings. The van der Waals surface area contributed by atoms with E-state index in [2.05, 4.69) is 10.1 Å². The molecule has 8 heteroatoms. The number of rotatable bonds is 6. The molecule has 0 spiro atoms. The molecule has 31 heavy (non-hydrogen) atoms. The van der Waals surface area contributed by atoms with Crippen LogP contribution in [0.2, 0.25) is 5.15 Å². The van der Waals surface area contributed by atoms with Crippen molar-refractivity contribution >= 4 is 40.1 Å². The highest BCUT2D eigenvalue weighted by Gasteiger charge is 2.34. The number of ether oxygens (including phenoxy) is 1. The number of hydrazone groups is 1. The highest BCUT2D eigenvalue weighted by Crippen LogP contribution is 2.38. The summed E-state index contributed by atoms with van der Waals surface area (Å²) in [7, 11) is 1.58. The lowest BCUT2D eigenvalue weighted by molar-refractivity contribution is -0.141. The molecule has 1 aromatic heterocycles. The van der Waals surface area contributed by atoms with E-state index in [1.54, 1.807) is 13.2 Å². The molecule has 0 unspecified atom stereocenters. The van der Waals surface area contributed by atoms with Crippen LogP contribution >= 0.6 is 11.6 Å². The van der Waals surface area contributed by atoms with Crippen LogP contribution in [0.1, 0.15) is 36.4 Å². The molecule has 1 aliphatic rings. The molecule has 7 nitrogen and oxygen atoms in total. The number of fused-ring (bicyclic) bond motifs is 1. The number of nitrogens with zero attached hydrogens (tertiary/aromatic N) is 3. The van der Waals surface area contributed by atoms with Gasteiger partial charge in [-0.05, 0) is 23.8 Å². The number of carbonyl (C=O) groups excluding carboxylic acids is 1. The van der Waals surface area contributed by atoms with Crippen molar-refractivity contribution in [1.29, 1.82) is 0 Å². The molecule has 2 aromatic carbocycles. The maximum Gasteiger partial charge on any atom is 0.303 e. The number of methoxy groups -OCH3 is 1. The third kappa shape index (κ3) is 4.36. The third-order valence-corrected chi connectivity index (χ3v) is 5.49. The molecule has 2 heterocycles. The summed E-state index contributed by atoms with van der Waals surface area (Å²) in [6, 6.07) is 16.5. The van der Waals surface area contributed by atoms with Crippen molar-refractivity contribution in [3.05, 3.63) is 70.9 Å². The number of carbonyl (C=O) groups is 2. The van der Waals surface area contributed by atoms with Crippen molar-refractivity contribution in [2.24, 2.45) is 5.10 Å². The molecule has 158 valence electrons. The van der Waals surface area contributed by atoms with Crippen LogP contribution < -0.4 is 4.74 Å². The molecule has 0 saturated heterocycles. The monoisotopic (exact) mass is 437 g/mol. The Morgan fingerprint density at radius 3 is 2.65 bits per heavy atom. The van der Waals surface area contributed by atoms with Crippen LogP contribution in [0.25, 0.3) is 10.9 Å². The zero-order chi connectivity index (χ0) is 22.0. The van der Waals surface area contributed by atoms with Crippen molar-refractivity contribution in [2.45, 2.75) is 25.3 Å². The fraction of sp³-hybridized carbons (Fsp3) is 0.217. The van der Waals surface area contributed by atoms with Gasteiger partial charge >= 0.3 is 5.97 Å². The molecule has 0 fully saturated rings. The van der Waals surface area contributed by atoms with Crippen molar-refractivity contribution in [1.82, 2.24) is 9.99 Å². The molecule has 0 aliphatic carbocycles. The van der Waals surface area contributed by atoms with Gasteiger partial charge in [-0.1, -0.05) is 41.9 Å². The van der Waals surface area contributed by atoms with Gasteiger partial charge in [0.05, 0.1) is 30.8 Å². The Labute approximate surface area is 183 Å². The summed E-state index contributed by atoms with van der Waals surface area (Å²) in [6.07, 6.45) is 0.0425. The lowest BCUT2D eigenvalue weighted by Gasteiger charge is -2.23. The first-order valence-corrected chi connectivity index (χ1v) is 10.1. The summed E-state index contributed by atoms with van der Waals surface area (Å²) in [6.45, 7) is 0. The average molecular weight is 438 g/mol. The number of aromatic nitrogens is 1. The molecule has 1 amide bonds. The van der Waals surface area contributed by atoms with Crippen molar-refractivity contribution in [3.8, 4) is 5.75 Å². The molecular weight excluding hydrogens is 418 g/mol. The summed E-state index contributed by atoms with van der Waals surface area (Å²) >= 11 is 6.54. The minimum Gasteiger partial charge on any atom is -0.497 e. The van der Waals surface area contributed by atoms with Gasteiger partial charge in [-0.2, -0.15) is 5.10 Å². The topological polar surface area (TPSA) is 92.1 Å². The second-order valence-electron chi connectivity index (χ2n) is 7.19. The van der Waals surface area contributed by atoms with Gasteiger partial charge in [-0.25, -0.2) is 9.99 Å². The molecule has 0 radical (unpaired) electrons.